The van der Waals surface area contributed by atoms with Crippen molar-refractivity contribution in [1.82, 2.24) is 9.78 Å². The van der Waals surface area contributed by atoms with E-state index in [-0.39, 0.29) is 24.8 Å². The first kappa shape index (κ1) is 11.3. The van der Waals surface area contributed by atoms with Crippen molar-refractivity contribution in [3.63, 3.8) is 0 Å². The van der Waals surface area contributed by atoms with Gasteiger partial charge in [-0.3, -0.25) is 0 Å². The van der Waals surface area contributed by atoms with Gasteiger partial charge >= 0.3 is 0 Å². The van der Waals surface area contributed by atoms with Gasteiger partial charge in [-0.25, -0.2) is 9.67 Å². The third-order valence-corrected chi connectivity index (χ3v) is 1.61. The lowest BCUT2D eigenvalue weighted by Crippen LogP contribution is -1.94. The smallest absolute Gasteiger partial charge is 0.174 e. The molecule has 1 aromatic rings. The summed E-state index contributed by atoms with van der Waals surface area (Å²) in [6.07, 6.45) is 1.80. The number of fused-ring (bicyclic) bond motifs is 1. The van der Waals surface area contributed by atoms with Crippen molar-refractivity contribution < 1.29 is 0 Å². The first-order valence-corrected chi connectivity index (χ1v) is 3.14. The monoisotopic (exact) mass is 208 g/mol. The molecule has 0 aromatic carbocycles. The Hall–Kier alpha value is -0.740. The van der Waals surface area contributed by atoms with Crippen LogP contribution in [0, 0.1) is 6.92 Å². The van der Waals surface area contributed by atoms with Crippen LogP contribution in [0.15, 0.2) is 4.99 Å². The molecule has 12 heavy (non-hydrogen) atoms. The number of nitrogens with two attached hydrogens (primary N) is 1. The van der Waals surface area contributed by atoms with Crippen molar-refractivity contribution in [1.29, 1.82) is 0 Å². The lowest BCUT2D eigenvalue weighted by Gasteiger charge is -1.88. The van der Waals surface area contributed by atoms with E-state index in [0.29, 0.717) is 5.69 Å². The van der Waals surface area contributed by atoms with Crippen LogP contribution in [-0.4, -0.2) is 16.0 Å². The van der Waals surface area contributed by atoms with Gasteiger partial charge in [0.1, 0.15) is 0 Å². The number of halogens is 2. The highest BCUT2D eigenvalue weighted by Crippen LogP contribution is 2.26. The Balaban J connectivity index is 0.000000605. The Labute approximate surface area is 82.7 Å². The number of rotatable bonds is 0. The van der Waals surface area contributed by atoms with Gasteiger partial charge in [0.05, 0.1) is 17.9 Å². The molecule has 0 saturated heterocycles. The van der Waals surface area contributed by atoms with Crippen LogP contribution in [0.5, 0.6) is 0 Å². The average molecular weight is 209 g/mol. The lowest BCUT2D eigenvalue weighted by atomic mass is 10.4. The maximum absolute atomic E-state index is 5.66. The zero-order valence-electron chi connectivity index (χ0n) is 6.52. The molecule has 1 aromatic heterocycles. The van der Waals surface area contributed by atoms with E-state index >= 15 is 0 Å². The summed E-state index contributed by atoms with van der Waals surface area (Å²) in [5.74, 6) is 0.803. The zero-order chi connectivity index (χ0) is 7.14. The second-order valence-corrected chi connectivity index (χ2v) is 2.32. The predicted octanol–water partition coefficient (Wildman–Crippen LogP) is 1.33. The van der Waals surface area contributed by atoms with Crippen LogP contribution in [0.1, 0.15) is 5.69 Å². The molecule has 0 unspecified atom stereocenters. The van der Waals surface area contributed by atoms with E-state index in [1.807, 2.05) is 6.92 Å². The molecule has 0 amide bonds. The number of anilines is 1. The van der Waals surface area contributed by atoms with Crippen LogP contribution in [-0.2, 0) is 6.54 Å². The second kappa shape index (κ2) is 3.78. The molecule has 6 heteroatoms. The number of hydrogen-bond donors (Lipinski definition) is 1. The highest BCUT2D eigenvalue weighted by Gasteiger charge is 2.13. The summed E-state index contributed by atoms with van der Waals surface area (Å²) in [5.41, 5.74) is 7.23. The van der Waals surface area contributed by atoms with E-state index in [1.54, 1.807) is 10.9 Å². The molecule has 0 saturated carbocycles. The van der Waals surface area contributed by atoms with Crippen molar-refractivity contribution >= 4 is 42.5 Å². The molecule has 0 spiro atoms. The number of aliphatic imine (C=N–C) groups is 1. The summed E-state index contributed by atoms with van der Waals surface area (Å²) in [6, 6.07) is 0. The normalized spacial score (nSPS) is 11.8. The van der Waals surface area contributed by atoms with Gasteiger partial charge in [-0.15, -0.1) is 24.8 Å². The van der Waals surface area contributed by atoms with Gasteiger partial charge in [-0.2, -0.15) is 5.10 Å². The SMILES string of the molecule is Cc1nn2c(c1N)N=CC2.Cl.Cl. The van der Waals surface area contributed by atoms with E-state index in [9.17, 15) is 0 Å². The molecule has 1 aliphatic heterocycles. The summed E-state index contributed by atoms with van der Waals surface area (Å²) in [4.78, 5) is 4.07. The van der Waals surface area contributed by atoms with Crippen LogP contribution >= 0.6 is 24.8 Å². The first-order chi connectivity index (χ1) is 4.79. The van der Waals surface area contributed by atoms with Crippen LogP contribution in [0.3, 0.4) is 0 Å². The molecule has 0 fully saturated rings. The average Bonchev–Trinajstić information content (AvgIpc) is 2.41. The maximum Gasteiger partial charge on any atom is 0.174 e. The minimum Gasteiger partial charge on any atom is -0.394 e. The number of nitrogen functional groups attached to an aromatic ring is 1. The standard InChI is InChI=1S/C6H8N4.2ClH/c1-4-5(7)6-8-2-3-10(6)9-4;;/h2H,3,7H2,1H3;2*1H. The molecule has 2 N–H and O–H groups in total. The van der Waals surface area contributed by atoms with Gasteiger partial charge in [-0.1, -0.05) is 0 Å². The van der Waals surface area contributed by atoms with Crippen LogP contribution in [0.2, 0.25) is 0 Å². The van der Waals surface area contributed by atoms with Crippen LogP contribution < -0.4 is 5.73 Å². The molecule has 0 bridgehead atoms. The molecule has 0 atom stereocenters. The molecule has 0 aliphatic carbocycles. The summed E-state index contributed by atoms with van der Waals surface area (Å²) < 4.78 is 1.80. The fraction of sp³-hybridized carbons (Fsp3) is 0.333. The third-order valence-electron chi connectivity index (χ3n) is 1.61. The van der Waals surface area contributed by atoms with Crippen LogP contribution in [0.4, 0.5) is 11.5 Å². The van der Waals surface area contributed by atoms with Gasteiger partial charge in [-0.05, 0) is 6.92 Å². The highest BCUT2D eigenvalue weighted by atomic mass is 35.5. The maximum atomic E-state index is 5.66. The largest absolute Gasteiger partial charge is 0.394 e. The number of aryl methyl sites for hydroxylation is 1. The van der Waals surface area contributed by atoms with Crippen molar-refractivity contribution in [2.24, 2.45) is 4.99 Å². The van der Waals surface area contributed by atoms with Gasteiger partial charge < -0.3 is 5.73 Å². The molecular formula is C6H10Cl2N4. The highest BCUT2D eigenvalue weighted by molar-refractivity contribution is 5.85. The summed E-state index contributed by atoms with van der Waals surface area (Å²) in [5, 5.41) is 4.16. The van der Waals surface area contributed by atoms with Crippen molar-refractivity contribution in [3.05, 3.63) is 5.69 Å². The fourth-order valence-electron chi connectivity index (χ4n) is 1.05. The quantitative estimate of drug-likeness (QED) is 0.700. The van der Waals surface area contributed by atoms with Crippen molar-refractivity contribution in [2.75, 3.05) is 5.73 Å². The number of aromatic nitrogens is 2. The van der Waals surface area contributed by atoms with Gasteiger partial charge in [0.2, 0.25) is 0 Å². The Bertz CT molecular complexity index is 305. The van der Waals surface area contributed by atoms with E-state index in [0.717, 1.165) is 18.1 Å². The van der Waals surface area contributed by atoms with Gasteiger partial charge in [0, 0.05) is 6.21 Å². The van der Waals surface area contributed by atoms with Gasteiger partial charge in [0.25, 0.3) is 0 Å². The van der Waals surface area contributed by atoms with Crippen molar-refractivity contribution in [2.45, 2.75) is 13.5 Å². The van der Waals surface area contributed by atoms with E-state index < -0.39 is 0 Å². The number of hydrogen-bond acceptors (Lipinski definition) is 3. The zero-order valence-corrected chi connectivity index (χ0v) is 8.15. The second-order valence-electron chi connectivity index (χ2n) is 2.32. The third kappa shape index (κ3) is 1.40. The molecule has 0 radical (unpaired) electrons. The van der Waals surface area contributed by atoms with Gasteiger partial charge in [0.15, 0.2) is 5.82 Å². The minimum absolute atomic E-state index is 0. The molecule has 2 rings (SSSR count). The van der Waals surface area contributed by atoms with E-state index in [4.69, 9.17) is 5.73 Å². The Kier molecular flexibility index (Phi) is 3.55. The summed E-state index contributed by atoms with van der Waals surface area (Å²) in [7, 11) is 0. The lowest BCUT2D eigenvalue weighted by molar-refractivity contribution is 0.746. The number of nitrogens with zero attached hydrogens (tertiary/aromatic N) is 3. The van der Waals surface area contributed by atoms with E-state index in [1.165, 1.54) is 0 Å². The molecular weight excluding hydrogens is 199 g/mol. The molecule has 4 nitrogen and oxygen atoms in total. The molecule has 1 aliphatic rings. The minimum atomic E-state index is 0. The summed E-state index contributed by atoms with van der Waals surface area (Å²) >= 11 is 0. The molecule has 2 heterocycles. The predicted molar refractivity (Wildman–Crippen MR) is 54.0 cm³/mol. The topological polar surface area (TPSA) is 56.2 Å². The van der Waals surface area contributed by atoms with E-state index in [2.05, 4.69) is 10.1 Å². The first-order valence-electron chi connectivity index (χ1n) is 3.14. The van der Waals surface area contributed by atoms with Crippen LogP contribution in [0.25, 0.3) is 0 Å². The Morgan fingerprint density at radius 1 is 1.50 bits per heavy atom. The Morgan fingerprint density at radius 2 is 2.17 bits per heavy atom. The summed E-state index contributed by atoms with van der Waals surface area (Å²) in [6.45, 7) is 2.64. The Morgan fingerprint density at radius 3 is 2.75 bits per heavy atom. The van der Waals surface area contributed by atoms with Crippen molar-refractivity contribution in [3.8, 4) is 0 Å². The molecule has 68 valence electrons. The fourth-order valence-corrected chi connectivity index (χ4v) is 1.05.